The van der Waals surface area contributed by atoms with Crippen molar-refractivity contribution < 1.29 is 15.3 Å². The number of nitrogens with two attached hydrogens (primary N) is 1. The fourth-order valence-electron chi connectivity index (χ4n) is 0.773. The highest BCUT2D eigenvalue weighted by Crippen LogP contribution is 2.31. The van der Waals surface area contributed by atoms with Crippen LogP contribution in [0.2, 0.25) is 0 Å². The SMILES string of the molecule is NCc1cc(O)c(O)cc1O. The normalized spacial score (nSPS) is 9.91. The predicted molar refractivity (Wildman–Crippen MR) is 39.3 cm³/mol. The van der Waals surface area contributed by atoms with Gasteiger partial charge in [0.05, 0.1) is 0 Å². The molecule has 60 valence electrons. The maximum Gasteiger partial charge on any atom is 0.161 e. The lowest BCUT2D eigenvalue weighted by Gasteiger charge is -2.03. The van der Waals surface area contributed by atoms with Gasteiger partial charge in [-0.15, -0.1) is 0 Å². The monoisotopic (exact) mass is 155 g/mol. The van der Waals surface area contributed by atoms with E-state index < -0.39 is 0 Å². The summed E-state index contributed by atoms with van der Waals surface area (Å²) in [5.74, 6) is -0.731. The molecule has 0 fully saturated rings. The predicted octanol–water partition coefficient (Wildman–Crippen LogP) is 0.262. The molecule has 0 heterocycles. The van der Waals surface area contributed by atoms with Crippen LogP contribution in [0, 0.1) is 0 Å². The van der Waals surface area contributed by atoms with E-state index in [1.807, 2.05) is 0 Å². The molecule has 5 N–H and O–H groups in total. The molecule has 1 aromatic carbocycles. The number of hydrogen-bond acceptors (Lipinski definition) is 4. The summed E-state index contributed by atoms with van der Waals surface area (Å²) in [5.41, 5.74) is 5.62. The van der Waals surface area contributed by atoms with Gasteiger partial charge in [0.15, 0.2) is 11.5 Å². The third-order valence-electron chi connectivity index (χ3n) is 1.40. The molecule has 0 saturated heterocycles. The molecule has 0 aliphatic rings. The Kier molecular flexibility index (Phi) is 1.87. The minimum Gasteiger partial charge on any atom is -0.507 e. The fraction of sp³-hybridized carbons (Fsp3) is 0.143. The van der Waals surface area contributed by atoms with Gasteiger partial charge in [-0.1, -0.05) is 0 Å². The molecule has 0 bridgehead atoms. The summed E-state index contributed by atoms with van der Waals surface area (Å²) in [6.07, 6.45) is 0. The summed E-state index contributed by atoms with van der Waals surface area (Å²) in [5, 5.41) is 26.9. The van der Waals surface area contributed by atoms with Crippen molar-refractivity contribution in [1.29, 1.82) is 0 Å². The van der Waals surface area contributed by atoms with E-state index in [-0.39, 0.29) is 23.8 Å². The molecular weight excluding hydrogens is 146 g/mol. The van der Waals surface area contributed by atoms with Crippen molar-refractivity contribution in [3.8, 4) is 17.2 Å². The highest BCUT2D eigenvalue weighted by molar-refractivity contribution is 5.48. The first-order valence-electron chi connectivity index (χ1n) is 3.09. The van der Waals surface area contributed by atoms with Gasteiger partial charge < -0.3 is 21.1 Å². The number of aromatic hydroxyl groups is 3. The average Bonchev–Trinajstić information content (AvgIpc) is 1.97. The zero-order chi connectivity index (χ0) is 8.43. The second kappa shape index (κ2) is 2.67. The smallest absolute Gasteiger partial charge is 0.161 e. The highest BCUT2D eigenvalue weighted by Gasteiger charge is 2.05. The number of hydrogen-bond donors (Lipinski definition) is 4. The number of rotatable bonds is 1. The molecule has 0 aliphatic heterocycles. The number of benzene rings is 1. The summed E-state index contributed by atoms with van der Waals surface area (Å²) in [4.78, 5) is 0. The van der Waals surface area contributed by atoms with E-state index in [0.29, 0.717) is 5.56 Å². The second-order valence-corrected chi connectivity index (χ2v) is 2.17. The standard InChI is InChI=1S/C7H9NO3/c8-3-4-1-6(10)7(11)2-5(4)9/h1-2,9-11H,3,8H2. The van der Waals surface area contributed by atoms with Gasteiger partial charge in [0.25, 0.3) is 0 Å². The Bertz CT molecular complexity index is 273. The van der Waals surface area contributed by atoms with E-state index in [4.69, 9.17) is 21.1 Å². The van der Waals surface area contributed by atoms with Gasteiger partial charge in [-0.25, -0.2) is 0 Å². The quantitative estimate of drug-likeness (QED) is 0.346. The molecule has 0 amide bonds. The van der Waals surface area contributed by atoms with Crippen LogP contribution in [0.1, 0.15) is 5.56 Å². The third-order valence-corrected chi connectivity index (χ3v) is 1.40. The van der Waals surface area contributed by atoms with Crippen molar-refractivity contribution >= 4 is 0 Å². The average molecular weight is 155 g/mol. The van der Waals surface area contributed by atoms with E-state index in [9.17, 15) is 0 Å². The second-order valence-electron chi connectivity index (χ2n) is 2.17. The largest absolute Gasteiger partial charge is 0.507 e. The lowest BCUT2D eigenvalue weighted by atomic mass is 10.2. The Morgan fingerprint density at radius 1 is 1.00 bits per heavy atom. The molecule has 0 spiro atoms. The van der Waals surface area contributed by atoms with Crippen LogP contribution >= 0.6 is 0 Å². The lowest BCUT2D eigenvalue weighted by Crippen LogP contribution is -1.95. The first-order valence-corrected chi connectivity index (χ1v) is 3.09. The van der Waals surface area contributed by atoms with Crippen molar-refractivity contribution in [3.05, 3.63) is 17.7 Å². The van der Waals surface area contributed by atoms with E-state index in [1.54, 1.807) is 0 Å². The Labute approximate surface area is 63.5 Å². The molecule has 0 atom stereocenters. The summed E-state index contributed by atoms with van der Waals surface area (Å²) in [7, 11) is 0. The molecule has 0 aliphatic carbocycles. The summed E-state index contributed by atoms with van der Waals surface area (Å²) in [6, 6.07) is 2.28. The van der Waals surface area contributed by atoms with Gasteiger partial charge in [-0.2, -0.15) is 0 Å². The van der Waals surface area contributed by atoms with Crippen molar-refractivity contribution in [2.45, 2.75) is 6.54 Å². The summed E-state index contributed by atoms with van der Waals surface area (Å²) in [6.45, 7) is 0.125. The van der Waals surface area contributed by atoms with Crippen molar-refractivity contribution in [3.63, 3.8) is 0 Å². The zero-order valence-electron chi connectivity index (χ0n) is 5.78. The van der Waals surface area contributed by atoms with E-state index in [1.165, 1.54) is 6.07 Å². The van der Waals surface area contributed by atoms with Crippen molar-refractivity contribution in [2.24, 2.45) is 5.73 Å². The van der Waals surface area contributed by atoms with Gasteiger partial charge in [0.1, 0.15) is 5.75 Å². The van der Waals surface area contributed by atoms with Gasteiger partial charge in [-0.05, 0) is 6.07 Å². The van der Waals surface area contributed by atoms with Crippen LogP contribution in [0.3, 0.4) is 0 Å². The van der Waals surface area contributed by atoms with Crippen molar-refractivity contribution in [1.82, 2.24) is 0 Å². The maximum atomic E-state index is 9.06. The number of phenolic OH excluding ortho intramolecular Hbond substituents is 3. The zero-order valence-corrected chi connectivity index (χ0v) is 5.78. The third kappa shape index (κ3) is 1.35. The Balaban J connectivity index is 3.21. The van der Waals surface area contributed by atoms with Crippen molar-refractivity contribution in [2.75, 3.05) is 0 Å². The van der Waals surface area contributed by atoms with Crippen LogP contribution in [0.15, 0.2) is 12.1 Å². The Morgan fingerprint density at radius 3 is 2.09 bits per heavy atom. The van der Waals surface area contributed by atoms with Crippen LogP contribution < -0.4 is 5.73 Å². The molecule has 0 saturated carbocycles. The van der Waals surface area contributed by atoms with E-state index in [2.05, 4.69) is 0 Å². The Hall–Kier alpha value is -1.42. The Morgan fingerprint density at radius 2 is 1.55 bits per heavy atom. The number of phenols is 3. The molecule has 4 heteroatoms. The van der Waals surface area contributed by atoms with Crippen LogP contribution in [-0.2, 0) is 6.54 Å². The molecule has 4 nitrogen and oxygen atoms in total. The maximum absolute atomic E-state index is 9.06. The first-order chi connectivity index (χ1) is 5.15. The summed E-state index contributed by atoms with van der Waals surface area (Å²) >= 11 is 0. The molecular formula is C7H9NO3. The van der Waals surface area contributed by atoms with Crippen LogP contribution in [0.25, 0.3) is 0 Å². The fourth-order valence-corrected chi connectivity index (χ4v) is 0.773. The molecule has 1 aromatic rings. The lowest BCUT2D eigenvalue weighted by molar-refractivity contribution is 0.394. The topological polar surface area (TPSA) is 86.7 Å². The van der Waals surface area contributed by atoms with Gasteiger partial charge in [0.2, 0.25) is 0 Å². The van der Waals surface area contributed by atoms with Crippen LogP contribution in [0.5, 0.6) is 17.2 Å². The van der Waals surface area contributed by atoms with Gasteiger partial charge in [0, 0.05) is 18.2 Å². The summed E-state index contributed by atoms with van der Waals surface area (Å²) < 4.78 is 0. The van der Waals surface area contributed by atoms with Crippen LogP contribution in [0.4, 0.5) is 0 Å². The van der Waals surface area contributed by atoms with Gasteiger partial charge >= 0.3 is 0 Å². The highest BCUT2D eigenvalue weighted by atomic mass is 16.3. The van der Waals surface area contributed by atoms with Gasteiger partial charge in [-0.3, -0.25) is 0 Å². The van der Waals surface area contributed by atoms with Crippen LogP contribution in [-0.4, -0.2) is 15.3 Å². The molecule has 11 heavy (non-hydrogen) atoms. The minimum atomic E-state index is -0.347. The first kappa shape index (κ1) is 7.68. The molecule has 1 rings (SSSR count). The molecule has 0 radical (unpaired) electrons. The van der Waals surface area contributed by atoms with E-state index >= 15 is 0 Å². The van der Waals surface area contributed by atoms with E-state index in [0.717, 1.165) is 6.07 Å². The minimum absolute atomic E-state index is 0.109. The molecule has 0 aromatic heterocycles. The molecule has 0 unspecified atom stereocenters.